The highest BCUT2D eigenvalue weighted by molar-refractivity contribution is 9.10. The van der Waals surface area contributed by atoms with Gasteiger partial charge in [0.05, 0.1) is 18.8 Å². The summed E-state index contributed by atoms with van der Waals surface area (Å²) in [7, 11) is 1.52. The molecule has 2 rings (SSSR count). The lowest BCUT2D eigenvalue weighted by Gasteiger charge is -2.16. The van der Waals surface area contributed by atoms with Gasteiger partial charge in [-0.1, -0.05) is 22.0 Å². The third-order valence-electron chi connectivity index (χ3n) is 2.73. The minimum Gasteiger partial charge on any atom is -0.496 e. The molecule has 0 fully saturated rings. The highest BCUT2D eigenvalue weighted by Crippen LogP contribution is 2.37. The van der Waals surface area contributed by atoms with E-state index in [9.17, 15) is 9.50 Å². The second kappa shape index (κ2) is 6.24. The van der Waals surface area contributed by atoms with Gasteiger partial charge in [-0.2, -0.15) is 0 Å². The summed E-state index contributed by atoms with van der Waals surface area (Å²) in [5, 5.41) is 9.86. The molecule has 0 saturated carbocycles. The SMILES string of the molecule is COc1cccc(Oc2cc(F)cc(Br)c2)c1[C@@H](C)O. The zero-order valence-electron chi connectivity index (χ0n) is 11.1. The van der Waals surface area contributed by atoms with E-state index in [0.29, 0.717) is 27.3 Å². The lowest BCUT2D eigenvalue weighted by molar-refractivity contribution is 0.190. The molecule has 0 spiro atoms. The number of hydrogen-bond acceptors (Lipinski definition) is 3. The number of halogens is 2. The van der Waals surface area contributed by atoms with E-state index < -0.39 is 11.9 Å². The molecule has 0 aliphatic rings. The van der Waals surface area contributed by atoms with Crippen molar-refractivity contribution in [3.8, 4) is 17.2 Å². The molecule has 0 bridgehead atoms. The molecule has 0 saturated heterocycles. The molecule has 5 heteroatoms. The number of aliphatic hydroxyl groups is 1. The molecule has 106 valence electrons. The zero-order chi connectivity index (χ0) is 14.7. The summed E-state index contributed by atoms with van der Waals surface area (Å²) >= 11 is 3.21. The van der Waals surface area contributed by atoms with Gasteiger partial charge in [-0.05, 0) is 31.2 Å². The van der Waals surface area contributed by atoms with E-state index in [1.54, 1.807) is 31.2 Å². The predicted molar refractivity (Wildman–Crippen MR) is 77.8 cm³/mol. The Kier molecular flexibility index (Phi) is 4.62. The fourth-order valence-corrected chi connectivity index (χ4v) is 2.36. The molecule has 0 heterocycles. The van der Waals surface area contributed by atoms with Gasteiger partial charge in [-0.15, -0.1) is 0 Å². The summed E-state index contributed by atoms with van der Waals surface area (Å²) in [5.74, 6) is 0.882. The zero-order valence-corrected chi connectivity index (χ0v) is 12.6. The largest absolute Gasteiger partial charge is 0.496 e. The topological polar surface area (TPSA) is 38.7 Å². The van der Waals surface area contributed by atoms with Gasteiger partial charge >= 0.3 is 0 Å². The van der Waals surface area contributed by atoms with Crippen LogP contribution >= 0.6 is 15.9 Å². The summed E-state index contributed by atoms with van der Waals surface area (Å²) in [6, 6.07) is 9.44. The van der Waals surface area contributed by atoms with Crippen molar-refractivity contribution in [3.63, 3.8) is 0 Å². The summed E-state index contributed by atoms with van der Waals surface area (Å²) in [6.45, 7) is 1.62. The molecule has 20 heavy (non-hydrogen) atoms. The van der Waals surface area contributed by atoms with Crippen LogP contribution in [-0.4, -0.2) is 12.2 Å². The van der Waals surface area contributed by atoms with Crippen LogP contribution in [0.25, 0.3) is 0 Å². The molecule has 0 radical (unpaired) electrons. The van der Waals surface area contributed by atoms with E-state index in [4.69, 9.17) is 9.47 Å². The molecule has 0 aliphatic carbocycles. The van der Waals surface area contributed by atoms with E-state index in [2.05, 4.69) is 15.9 Å². The molecule has 3 nitrogen and oxygen atoms in total. The Morgan fingerprint density at radius 3 is 2.50 bits per heavy atom. The van der Waals surface area contributed by atoms with Gasteiger partial charge in [0.1, 0.15) is 23.1 Å². The fourth-order valence-electron chi connectivity index (χ4n) is 1.92. The maximum atomic E-state index is 13.4. The molecule has 2 aromatic rings. The number of ether oxygens (including phenoxy) is 2. The maximum absolute atomic E-state index is 13.4. The molecule has 1 N–H and O–H groups in total. The Morgan fingerprint density at radius 1 is 1.20 bits per heavy atom. The van der Waals surface area contributed by atoms with Crippen LogP contribution in [0.3, 0.4) is 0 Å². The smallest absolute Gasteiger partial charge is 0.136 e. The van der Waals surface area contributed by atoms with Gasteiger partial charge in [-0.25, -0.2) is 4.39 Å². The average molecular weight is 341 g/mol. The lowest BCUT2D eigenvalue weighted by atomic mass is 10.1. The van der Waals surface area contributed by atoms with E-state index in [0.717, 1.165) is 0 Å². The van der Waals surface area contributed by atoms with Crippen molar-refractivity contribution >= 4 is 15.9 Å². The van der Waals surface area contributed by atoms with E-state index in [1.165, 1.54) is 19.2 Å². The first-order valence-corrected chi connectivity index (χ1v) is 6.79. The molecule has 0 aromatic heterocycles. The summed E-state index contributed by atoms with van der Waals surface area (Å²) in [5.41, 5.74) is 0.524. The minimum absolute atomic E-state index is 0.340. The van der Waals surface area contributed by atoms with Crippen molar-refractivity contribution in [3.05, 3.63) is 52.3 Å². The van der Waals surface area contributed by atoms with Crippen LogP contribution in [0, 0.1) is 5.82 Å². The summed E-state index contributed by atoms with van der Waals surface area (Å²) < 4.78 is 24.8. The van der Waals surface area contributed by atoms with Gasteiger partial charge in [0.25, 0.3) is 0 Å². The van der Waals surface area contributed by atoms with Crippen LogP contribution < -0.4 is 9.47 Å². The van der Waals surface area contributed by atoms with Crippen molar-refractivity contribution in [2.24, 2.45) is 0 Å². The van der Waals surface area contributed by atoms with Crippen LogP contribution in [0.4, 0.5) is 4.39 Å². The minimum atomic E-state index is -0.766. The highest BCUT2D eigenvalue weighted by atomic mass is 79.9. The van der Waals surface area contributed by atoms with Crippen LogP contribution in [0.2, 0.25) is 0 Å². The van der Waals surface area contributed by atoms with Crippen molar-refractivity contribution in [2.75, 3.05) is 7.11 Å². The van der Waals surface area contributed by atoms with Crippen molar-refractivity contribution in [1.29, 1.82) is 0 Å². The Balaban J connectivity index is 2.42. The van der Waals surface area contributed by atoms with Gasteiger partial charge in [0.2, 0.25) is 0 Å². The number of aliphatic hydroxyl groups excluding tert-OH is 1. The number of rotatable bonds is 4. The Morgan fingerprint density at radius 2 is 1.90 bits per heavy atom. The van der Waals surface area contributed by atoms with Crippen molar-refractivity contribution in [2.45, 2.75) is 13.0 Å². The number of hydrogen-bond donors (Lipinski definition) is 1. The molecule has 0 unspecified atom stereocenters. The number of methoxy groups -OCH3 is 1. The molecule has 2 aromatic carbocycles. The second-order valence-electron chi connectivity index (χ2n) is 4.26. The van der Waals surface area contributed by atoms with E-state index in [1.807, 2.05) is 0 Å². The third kappa shape index (κ3) is 3.29. The number of benzene rings is 2. The Bertz CT molecular complexity index is 594. The van der Waals surface area contributed by atoms with E-state index in [-0.39, 0.29) is 0 Å². The first kappa shape index (κ1) is 14.8. The Hall–Kier alpha value is -1.59. The molecular formula is C15H14BrFO3. The normalized spacial score (nSPS) is 12.1. The standard InChI is InChI=1S/C15H14BrFO3/c1-9(18)15-13(19-2)4-3-5-14(15)20-12-7-10(16)6-11(17)8-12/h3-9,18H,1-2H3/t9-/m1/s1. The monoisotopic (exact) mass is 340 g/mol. The summed E-state index contributed by atoms with van der Waals surface area (Å²) in [4.78, 5) is 0. The van der Waals surface area contributed by atoms with Gasteiger partial charge < -0.3 is 14.6 Å². The lowest BCUT2D eigenvalue weighted by Crippen LogP contribution is -2.00. The summed E-state index contributed by atoms with van der Waals surface area (Å²) in [6.07, 6.45) is -0.766. The van der Waals surface area contributed by atoms with Crippen molar-refractivity contribution < 1.29 is 19.0 Å². The molecular weight excluding hydrogens is 327 g/mol. The highest BCUT2D eigenvalue weighted by Gasteiger charge is 2.16. The fraction of sp³-hybridized carbons (Fsp3) is 0.200. The van der Waals surface area contributed by atoms with E-state index >= 15 is 0 Å². The van der Waals surface area contributed by atoms with Gasteiger partial charge in [0.15, 0.2) is 0 Å². The molecule has 0 aliphatic heterocycles. The van der Waals surface area contributed by atoms with Gasteiger partial charge in [0, 0.05) is 10.5 Å². The molecule has 1 atom stereocenters. The van der Waals surface area contributed by atoms with Crippen molar-refractivity contribution in [1.82, 2.24) is 0 Å². The Labute approximate surface area is 125 Å². The second-order valence-corrected chi connectivity index (χ2v) is 5.17. The van der Waals surface area contributed by atoms with Crippen LogP contribution in [0.5, 0.6) is 17.2 Å². The van der Waals surface area contributed by atoms with Crippen LogP contribution in [0.15, 0.2) is 40.9 Å². The predicted octanol–water partition coefficient (Wildman–Crippen LogP) is 4.44. The average Bonchev–Trinajstić information content (AvgIpc) is 2.36. The molecule has 0 amide bonds. The quantitative estimate of drug-likeness (QED) is 0.893. The third-order valence-corrected chi connectivity index (χ3v) is 3.19. The first-order chi connectivity index (χ1) is 9.51. The van der Waals surface area contributed by atoms with Gasteiger partial charge in [-0.3, -0.25) is 0 Å². The van der Waals surface area contributed by atoms with Crippen LogP contribution in [-0.2, 0) is 0 Å². The first-order valence-electron chi connectivity index (χ1n) is 6.00. The maximum Gasteiger partial charge on any atom is 0.136 e. The van der Waals surface area contributed by atoms with Crippen LogP contribution in [0.1, 0.15) is 18.6 Å².